The lowest BCUT2D eigenvalue weighted by molar-refractivity contribution is 0.306. The summed E-state index contributed by atoms with van der Waals surface area (Å²) in [5.41, 5.74) is 0. The van der Waals surface area contributed by atoms with E-state index in [9.17, 15) is 0 Å². The van der Waals surface area contributed by atoms with Gasteiger partial charge in [0.1, 0.15) is 5.82 Å². The van der Waals surface area contributed by atoms with Crippen LogP contribution in [0.2, 0.25) is 0 Å². The Balaban J connectivity index is 2.75. The van der Waals surface area contributed by atoms with Gasteiger partial charge < -0.3 is 9.88 Å². The lowest BCUT2D eigenvalue weighted by atomic mass is 9.88. The molecule has 1 aromatic rings. The molecular formula is C17H33N3. The molecule has 0 aliphatic carbocycles. The van der Waals surface area contributed by atoms with Crippen molar-refractivity contribution in [3.05, 3.63) is 18.2 Å². The third kappa shape index (κ3) is 5.28. The van der Waals surface area contributed by atoms with Crippen LogP contribution in [0.5, 0.6) is 0 Å². The molecule has 3 heteroatoms. The van der Waals surface area contributed by atoms with Crippen molar-refractivity contribution in [1.82, 2.24) is 14.9 Å². The van der Waals surface area contributed by atoms with Crippen LogP contribution in [0.15, 0.2) is 12.4 Å². The minimum atomic E-state index is 0.568. The lowest BCUT2D eigenvalue weighted by Gasteiger charge is -2.27. The van der Waals surface area contributed by atoms with Gasteiger partial charge >= 0.3 is 0 Å². The predicted molar refractivity (Wildman–Crippen MR) is 87.0 cm³/mol. The van der Waals surface area contributed by atoms with Crippen molar-refractivity contribution < 1.29 is 0 Å². The van der Waals surface area contributed by atoms with Crippen LogP contribution in [0.1, 0.15) is 65.6 Å². The maximum absolute atomic E-state index is 4.58. The number of hydrogen-bond acceptors (Lipinski definition) is 2. The smallest absolute Gasteiger partial charge is 0.110 e. The van der Waals surface area contributed by atoms with Crippen LogP contribution >= 0.6 is 0 Å². The van der Waals surface area contributed by atoms with E-state index >= 15 is 0 Å². The predicted octanol–water partition coefficient (Wildman–Crippen LogP) is 4.03. The second-order valence-electron chi connectivity index (χ2n) is 5.74. The fourth-order valence-corrected chi connectivity index (χ4v) is 3.13. The van der Waals surface area contributed by atoms with Gasteiger partial charge in [0.15, 0.2) is 0 Å². The van der Waals surface area contributed by atoms with Gasteiger partial charge in [0.25, 0.3) is 0 Å². The van der Waals surface area contributed by atoms with Gasteiger partial charge in [-0.1, -0.05) is 40.5 Å². The van der Waals surface area contributed by atoms with Crippen molar-refractivity contribution in [3.8, 4) is 0 Å². The molecule has 3 nitrogen and oxygen atoms in total. The lowest BCUT2D eigenvalue weighted by Crippen LogP contribution is -2.38. The van der Waals surface area contributed by atoms with Crippen LogP contribution in [-0.2, 0) is 13.0 Å². The third-order valence-electron chi connectivity index (χ3n) is 4.02. The minimum absolute atomic E-state index is 0.568. The Kier molecular flexibility index (Phi) is 8.59. The largest absolute Gasteiger partial charge is 0.335 e. The topological polar surface area (TPSA) is 29.9 Å². The summed E-state index contributed by atoms with van der Waals surface area (Å²) in [6, 6.07) is 0.568. The van der Waals surface area contributed by atoms with Gasteiger partial charge in [0.05, 0.1) is 0 Å². The van der Waals surface area contributed by atoms with Gasteiger partial charge in [0.2, 0.25) is 0 Å². The molecule has 1 rings (SSSR count). The Morgan fingerprint density at radius 2 is 1.80 bits per heavy atom. The molecule has 0 bridgehead atoms. The first-order chi connectivity index (χ1) is 9.76. The third-order valence-corrected chi connectivity index (χ3v) is 4.02. The summed E-state index contributed by atoms with van der Waals surface area (Å²) < 4.78 is 2.32. The number of nitrogens with one attached hydrogen (secondary N) is 1. The fraction of sp³-hybridized carbons (Fsp3) is 0.824. The summed E-state index contributed by atoms with van der Waals surface area (Å²) in [7, 11) is 0. The molecule has 0 aliphatic heterocycles. The molecular weight excluding hydrogens is 246 g/mol. The molecule has 1 aromatic heterocycles. The van der Waals surface area contributed by atoms with E-state index in [1.165, 1.54) is 37.9 Å². The number of rotatable bonds is 11. The molecule has 1 N–H and O–H groups in total. The van der Waals surface area contributed by atoms with E-state index in [1.807, 2.05) is 6.20 Å². The van der Waals surface area contributed by atoms with E-state index in [0.29, 0.717) is 6.04 Å². The van der Waals surface area contributed by atoms with Crippen molar-refractivity contribution >= 4 is 0 Å². The van der Waals surface area contributed by atoms with Crippen LogP contribution in [0.4, 0.5) is 0 Å². The number of aryl methyl sites for hydroxylation is 1. The zero-order valence-corrected chi connectivity index (χ0v) is 13.9. The molecule has 1 atom stereocenters. The Labute approximate surface area is 125 Å². The van der Waals surface area contributed by atoms with E-state index in [0.717, 1.165) is 25.4 Å². The minimum Gasteiger partial charge on any atom is -0.335 e. The zero-order chi connectivity index (χ0) is 14.8. The number of aromatic nitrogens is 2. The van der Waals surface area contributed by atoms with Gasteiger partial charge in [-0.15, -0.1) is 0 Å². The van der Waals surface area contributed by atoms with Crippen LogP contribution < -0.4 is 5.32 Å². The molecule has 0 amide bonds. The number of likely N-dealkylation sites (N-methyl/N-ethyl adjacent to an activating group) is 1. The molecule has 0 saturated carbocycles. The first-order valence-electron chi connectivity index (χ1n) is 8.50. The summed E-state index contributed by atoms with van der Waals surface area (Å²) in [5, 5.41) is 3.71. The Morgan fingerprint density at radius 3 is 2.35 bits per heavy atom. The van der Waals surface area contributed by atoms with Crippen LogP contribution in [0, 0.1) is 5.92 Å². The van der Waals surface area contributed by atoms with Crippen molar-refractivity contribution in [2.45, 2.75) is 78.8 Å². The van der Waals surface area contributed by atoms with Crippen molar-refractivity contribution in [1.29, 1.82) is 0 Å². The molecule has 20 heavy (non-hydrogen) atoms. The number of imidazole rings is 1. The molecule has 0 saturated heterocycles. The van der Waals surface area contributed by atoms with E-state index in [-0.39, 0.29) is 0 Å². The molecule has 0 aliphatic rings. The summed E-state index contributed by atoms with van der Waals surface area (Å²) >= 11 is 0. The maximum atomic E-state index is 4.58. The molecule has 1 heterocycles. The Morgan fingerprint density at radius 1 is 1.10 bits per heavy atom. The highest BCUT2D eigenvalue weighted by molar-refractivity contribution is 4.97. The molecule has 1 unspecified atom stereocenters. The monoisotopic (exact) mass is 279 g/mol. The quantitative estimate of drug-likeness (QED) is 0.663. The highest BCUT2D eigenvalue weighted by Gasteiger charge is 2.21. The first kappa shape index (κ1) is 17.2. The Hall–Kier alpha value is -0.830. The second-order valence-corrected chi connectivity index (χ2v) is 5.74. The number of hydrogen-bond donors (Lipinski definition) is 1. The SMILES string of the molecule is CCCC(CCC)C(Cc1nccn1CCC)NCC. The molecule has 0 fully saturated rings. The van der Waals surface area contributed by atoms with E-state index < -0.39 is 0 Å². The van der Waals surface area contributed by atoms with Gasteiger partial charge in [0, 0.05) is 31.4 Å². The van der Waals surface area contributed by atoms with Crippen LogP contribution in [-0.4, -0.2) is 22.1 Å². The standard InChI is InChI=1S/C17H33N3/c1-5-9-15(10-6-2)16(18-8-4)14-17-19-11-13-20(17)12-7-3/h11,13,15-16,18H,5-10,12,14H2,1-4H3. The molecule has 0 spiro atoms. The molecule has 0 radical (unpaired) electrons. The van der Waals surface area contributed by atoms with Crippen LogP contribution in [0.25, 0.3) is 0 Å². The fourth-order valence-electron chi connectivity index (χ4n) is 3.13. The maximum Gasteiger partial charge on any atom is 0.110 e. The highest BCUT2D eigenvalue weighted by atomic mass is 15.1. The Bertz CT molecular complexity index is 340. The average Bonchev–Trinajstić information content (AvgIpc) is 2.86. The van der Waals surface area contributed by atoms with Crippen molar-refractivity contribution in [2.75, 3.05) is 6.54 Å². The van der Waals surface area contributed by atoms with Gasteiger partial charge in [-0.05, 0) is 31.7 Å². The first-order valence-corrected chi connectivity index (χ1v) is 8.50. The number of nitrogens with zero attached hydrogens (tertiary/aromatic N) is 2. The highest BCUT2D eigenvalue weighted by Crippen LogP contribution is 2.21. The van der Waals surface area contributed by atoms with E-state index in [1.54, 1.807) is 0 Å². The normalized spacial score (nSPS) is 13.1. The summed E-state index contributed by atoms with van der Waals surface area (Å²) in [5.74, 6) is 2.02. The van der Waals surface area contributed by atoms with Gasteiger partial charge in [-0.25, -0.2) is 4.98 Å². The van der Waals surface area contributed by atoms with Crippen molar-refractivity contribution in [3.63, 3.8) is 0 Å². The molecule has 116 valence electrons. The van der Waals surface area contributed by atoms with Crippen LogP contribution in [0.3, 0.4) is 0 Å². The van der Waals surface area contributed by atoms with E-state index in [4.69, 9.17) is 0 Å². The summed E-state index contributed by atoms with van der Waals surface area (Å²) in [4.78, 5) is 4.58. The van der Waals surface area contributed by atoms with E-state index in [2.05, 4.69) is 48.8 Å². The average molecular weight is 279 g/mol. The second kappa shape index (κ2) is 9.98. The summed E-state index contributed by atoms with van der Waals surface area (Å²) in [6.45, 7) is 11.2. The van der Waals surface area contributed by atoms with Crippen molar-refractivity contribution in [2.24, 2.45) is 5.92 Å². The van der Waals surface area contributed by atoms with Gasteiger partial charge in [-0.3, -0.25) is 0 Å². The molecule has 0 aromatic carbocycles. The zero-order valence-electron chi connectivity index (χ0n) is 13.9. The summed E-state index contributed by atoms with van der Waals surface area (Å²) in [6.07, 6.45) is 11.5. The van der Waals surface area contributed by atoms with Gasteiger partial charge in [-0.2, -0.15) is 0 Å².